The van der Waals surface area contributed by atoms with Gasteiger partial charge in [-0.15, -0.1) is 0 Å². The lowest BCUT2D eigenvalue weighted by Crippen LogP contribution is -2.50. The highest BCUT2D eigenvalue weighted by molar-refractivity contribution is 5.91. The summed E-state index contributed by atoms with van der Waals surface area (Å²) in [6.45, 7) is 11.2. The maximum Gasteiger partial charge on any atom is 0.322 e. The number of amides is 2. The van der Waals surface area contributed by atoms with Crippen molar-refractivity contribution in [2.24, 2.45) is 0 Å². The number of ether oxygens (including phenoxy) is 1. The number of urea groups is 1. The number of carbonyl (C=O) groups excluding carboxylic acids is 1. The topological polar surface area (TPSA) is 57.7 Å². The standard InChI is InChI=1S/C21H28N4O2/c1-14-7-6-8-19(16(14)3)24-9-11-25(12-10-24)21(26)23-18-13-15(2)17(4)22-20(18)27-5/h6-8,13H,9-12H2,1-5H3,(H,23,26). The average molecular weight is 368 g/mol. The second-order valence-corrected chi connectivity index (χ2v) is 7.07. The van der Waals surface area contributed by atoms with E-state index < -0.39 is 0 Å². The van der Waals surface area contributed by atoms with Gasteiger partial charge in [-0.3, -0.25) is 0 Å². The summed E-state index contributed by atoms with van der Waals surface area (Å²) in [7, 11) is 1.57. The number of hydrogen-bond acceptors (Lipinski definition) is 4. The predicted molar refractivity (Wildman–Crippen MR) is 109 cm³/mol. The highest BCUT2D eigenvalue weighted by Gasteiger charge is 2.23. The largest absolute Gasteiger partial charge is 0.480 e. The number of pyridine rings is 1. The number of anilines is 2. The molecule has 2 heterocycles. The molecule has 1 aliphatic rings. The molecule has 0 unspecified atom stereocenters. The molecular formula is C21H28N4O2. The van der Waals surface area contributed by atoms with Crippen molar-refractivity contribution in [2.45, 2.75) is 27.7 Å². The first kappa shape index (κ1) is 19.0. The van der Waals surface area contributed by atoms with Crippen molar-refractivity contribution >= 4 is 17.4 Å². The summed E-state index contributed by atoms with van der Waals surface area (Å²) < 4.78 is 5.32. The molecule has 1 fully saturated rings. The van der Waals surface area contributed by atoms with Crippen LogP contribution in [0.3, 0.4) is 0 Å². The van der Waals surface area contributed by atoms with Gasteiger partial charge in [-0.25, -0.2) is 9.78 Å². The monoisotopic (exact) mass is 368 g/mol. The van der Waals surface area contributed by atoms with Crippen LogP contribution in [0.2, 0.25) is 0 Å². The third-order valence-corrected chi connectivity index (χ3v) is 5.35. The predicted octanol–water partition coefficient (Wildman–Crippen LogP) is 3.68. The summed E-state index contributed by atoms with van der Waals surface area (Å²) >= 11 is 0. The summed E-state index contributed by atoms with van der Waals surface area (Å²) in [5.74, 6) is 0.445. The molecule has 27 heavy (non-hydrogen) atoms. The Labute approximate surface area is 161 Å². The van der Waals surface area contributed by atoms with Gasteiger partial charge in [0.25, 0.3) is 0 Å². The van der Waals surface area contributed by atoms with E-state index in [0.29, 0.717) is 24.7 Å². The van der Waals surface area contributed by atoms with E-state index in [-0.39, 0.29) is 6.03 Å². The van der Waals surface area contributed by atoms with Crippen LogP contribution in [-0.2, 0) is 0 Å². The number of methoxy groups -OCH3 is 1. The van der Waals surface area contributed by atoms with E-state index in [2.05, 4.69) is 47.2 Å². The van der Waals surface area contributed by atoms with Crippen LogP contribution < -0.4 is 15.0 Å². The summed E-state index contributed by atoms with van der Waals surface area (Å²) in [4.78, 5) is 21.3. The average Bonchev–Trinajstić information content (AvgIpc) is 2.67. The van der Waals surface area contributed by atoms with Crippen LogP contribution in [0.25, 0.3) is 0 Å². The van der Waals surface area contributed by atoms with Gasteiger partial charge in [-0.1, -0.05) is 12.1 Å². The molecule has 2 aromatic rings. The van der Waals surface area contributed by atoms with Gasteiger partial charge in [-0.05, 0) is 56.5 Å². The highest BCUT2D eigenvalue weighted by Crippen LogP contribution is 2.26. The SMILES string of the molecule is COc1nc(C)c(C)cc1NC(=O)N1CCN(c2cccc(C)c2C)CC1. The van der Waals surface area contributed by atoms with E-state index in [9.17, 15) is 4.79 Å². The van der Waals surface area contributed by atoms with Gasteiger partial charge in [0.15, 0.2) is 0 Å². The smallest absolute Gasteiger partial charge is 0.322 e. The van der Waals surface area contributed by atoms with Crippen molar-refractivity contribution in [3.63, 3.8) is 0 Å². The molecule has 0 spiro atoms. The summed E-state index contributed by atoms with van der Waals surface area (Å²) in [5.41, 5.74) is 6.39. The first-order valence-corrected chi connectivity index (χ1v) is 9.30. The van der Waals surface area contributed by atoms with Crippen LogP contribution in [0.15, 0.2) is 24.3 Å². The Morgan fingerprint density at radius 1 is 1.07 bits per heavy atom. The van der Waals surface area contributed by atoms with Crippen LogP contribution in [0.4, 0.5) is 16.2 Å². The van der Waals surface area contributed by atoms with Gasteiger partial charge in [0.2, 0.25) is 5.88 Å². The molecule has 0 aliphatic carbocycles. The number of nitrogens with one attached hydrogen (secondary N) is 1. The second kappa shape index (κ2) is 7.86. The van der Waals surface area contributed by atoms with E-state index in [1.807, 2.05) is 24.8 Å². The van der Waals surface area contributed by atoms with Gasteiger partial charge in [0.1, 0.15) is 5.69 Å². The van der Waals surface area contributed by atoms with Gasteiger partial charge in [-0.2, -0.15) is 0 Å². The first-order chi connectivity index (χ1) is 12.9. The molecule has 0 saturated carbocycles. The maximum atomic E-state index is 12.7. The number of carbonyl (C=O) groups is 1. The van der Waals surface area contributed by atoms with Crippen molar-refractivity contribution in [3.8, 4) is 5.88 Å². The molecule has 1 aliphatic heterocycles. The van der Waals surface area contributed by atoms with Crippen LogP contribution in [0.5, 0.6) is 5.88 Å². The molecule has 0 atom stereocenters. The van der Waals surface area contributed by atoms with Crippen molar-refractivity contribution in [1.82, 2.24) is 9.88 Å². The Hall–Kier alpha value is -2.76. The molecule has 144 valence electrons. The molecule has 0 radical (unpaired) electrons. The van der Waals surface area contributed by atoms with Crippen LogP contribution in [0.1, 0.15) is 22.4 Å². The number of piperazine rings is 1. The first-order valence-electron chi connectivity index (χ1n) is 9.30. The van der Waals surface area contributed by atoms with E-state index in [1.165, 1.54) is 16.8 Å². The lowest BCUT2D eigenvalue weighted by molar-refractivity contribution is 0.208. The van der Waals surface area contributed by atoms with Crippen LogP contribution in [0, 0.1) is 27.7 Å². The molecular weight excluding hydrogens is 340 g/mol. The number of nitrogens with zero attached hydrogens (tertiary/aromatic N) is 3. The third kappa shape index (κ3) is 3.99. The van der Waals surface area contributed by atoms with Crippen molar-refractivity contribution in [3.05, 3.63) is 46.6 Å². The van der Waals surface area contributed by atoms with Crippen LogP contribution >= 0.6 is 0 Å². The van der Waals surface area contributed by atoms with E-state index in [4.69, 9.17) is 4.74 Å². The molecule has 1 saturated heterocycles. The summed E-state index contributed by atoms with van der Waals surface area (Å²) in [5, 5.41) is 2.96. The second-order valence-electron chi connectivity index (χ2n) is 7.07. The Bertz CT molecular complexity index is 842. The van der Waals surface area contributed by atoms with Gasteiger partial charge >= 0.3 is 6.03 Å². The summed E-state index contributed by atoms with van der Waals surface area (Å²) in [6.07, 6.45) is 0. The Morgan fingerprint density at radius 2 is 1.78 bits per heavy atom. The zero-order chi connectivity index (χ0) is 19.6. The fourth-order valence-electron chi connectivity index (χ4n) is 3.35. The van der Waals surface area contributed by atoms with Crippen molar-refractivity contribution in [1.29, 1.82) is 0 Å². The van der Waals surface area contributed by atoms with Crippen molar-refractivity contribution < 1.29 is 9.53 Å². The van der Waals surface area contributed by atoms with E-state index in [0.717, 1.165) is 24.3 Å². The minimum Gasteiger partial charge on any atom is -0.480 e. The molecule has 1 N–H and O–H groups in total. The fourth-order valence-corrected chi connectivity index (χ4v) is 3.35. The lowest BCUT2D eigenvalue weighted by Gasteiger charge is -2.37. The number of benzene rings is 1. The molecule has 3 rings (SSSR count). The fraction of sp³-hybridized carbons (Fsp3) is 0.429. The lowest BCUT2D eigenvalue weighted by atomic mass is 10.1. The quantitative estimate of drug-likeness (QED) is 0.898. The third-order valence-electron chi connectivity index (χ3n) is 5.35. The van der Waals surface area contributed by atoms with Gasteiger partial charge < -0.3 is 19.9 Å². The normalized spacial score (nSPS) is 14.3. The number of aromatic nitrogens is 1. The number of rotatable bonds is 3. The minimum absolute atomic E-state index is 0.112. The van der Waals surface area contributed by atoms with E-state index in [1.54, 1.807) is 7.11 Å². The molecule has 2 amide bonds. The van der Waals surface area contributed by atoms with Crippen molar-refractivity contribution in [2.75, 3.05) is 43.5 Å². The van der Waals surface area contributed by atoms with Crippen LogP contribution in [-0.4, -0.2) is 49.2 Å². The Balaban J connectivity index is 1.65. The Morgan fingerprint density at radius 3 is 2.44 bits per heavy atom. The molecule has 6 heteroatoms. The maximum absolute atomic E-state index is 12.7. The van der Waals surface area contributed by atoms with E-state index >= 15 is 0 Å². The Kier molecular flexibility index (Phi) is 5.54. The zero-order valence-corrected chi connectivity index (χ0v) is 16.8. The number of hydrogen-bond donors (Lipinski definition) is 1. The molecule has 0 bridgehead atoms. The molecule has 6 nitrogen and oxygen atoms in total. The minimum atomic E-state index is -0.112. The number of aryl methyl sites for hydroxylation is 3. The van der Waals surface area contributed by atoms with Gasteiger partial charge in [0.05, 0.1) is 7.11 Å². The van der Waals surface area contributed by atoms with Gasteiger partial charge in [0, 0.05) is 37.6 Å². The highest BCUT2D eigenvalue weighted by atomic mass is 16.5. The molecule has 1 aromatic carbocycles. The zero-order valence-electron chi connectivity index (χ0n) is 16.8. The molecule has 1 aromatic heterocycles. The summed E-state index contributed by atoms with van der Waals surface area (Å²) in [6, 6.07) is 8.18.